The van der Waals surface area contributed by atoms with Gasteiger partial charge in [0.05, 0.1) is 12.1 Å². The summed E-state index contributed by atoms with van der Waals surface area (Å²) >= 11 is 0. The van der Waals surface area contributed by atoms with Crippen LogP contribution in [0.2, 0.25) is 0 Å². The van der Waals surface area contributed by atoms with E-state index in [-0.39, 0.29) is 5.91 Å². The normalized spacial score (nSPS) is 16.2. The largest absolute Gasteiger partial charge is 0.334 e. The number of amides is 1. The smallest absolute Gasteiger partial charge is 0.255 e. The number of fused-ring (bicyclic) bond motifs is 1. The first kappa shape index (κ1) is 18.1. The van der Waals surface area contributed by atoms with Crippen LogP contribution in [0, 0.1) is 19.8 Å². The van der Waals surface area contributed by atoms with Crippen molar-refractivity contribution in [3.63, 3.8) is 0 Å². The molecule has 2 aliphatic rings. The molecule has 7 heteroatoms. The number of carbonyl (C=O) groups excluding carboxylic acids is 1. The number of nitrogens with zero attached hydrogens (tertiary/aromatic N) is 6. The first-order valence-electron chi connectivity index (χ1n) is 10.3. The molecule has 5 rings (SSSR count). The van der Waals surface area contributed by atoms with Crippen molar-refractivity contribution in [1.82, 2.24) is 29.2 Å². The van der Waals surface area contributed by atoms with E-state index in [1.807, 2.05) is 41.9 Å². The molecule has 0 unspecified atom stereocenters. The first-order valence-corrected chi connectivity index (χ1v) is 10.3. The molecule has 1 aliphatic carbocycles. The lowest BCUT2D eigenvalue weighted by Gasteiger charge is -2.27. The highest BCUT2D eigenvalue weighted by Gasteiger charge is 2.31. The van der Waals surface area contributed by atoms with Gasteiger partial charge < -0.3 is 9.47 Å². The fraction of sp³-hybridized carbons (Fsp3) is 0.455. The molecule has 0 atom stereocenters. The van der Waals surface area contributed by atoms with Gasteiger partial charge in [-0.05, 0) is 44.7 Å². The van der Waals surface area contributed by atoms with Crippen molar-refractivity contribution in [2.45, 2.75) is 46.2 Å². The van der Waals surface area contributed by atoms with Crippen LogP contribution in [0.5, 0.6) is 0 Å². The zero-order valence-electron chi connectivity index (χ0n) is 17.2. The van der Waals surface area contributed by atoms with E-state index in [4.69, 9.17) is 10.1 Å². The maximum Gasteiger partial charge on any atom is 0.255 e. The van der Waals surface area contributed by atoms with Crippen LogP contribution in [-0.4, -0.2) is 41.7 Å². The van der Waals surface area contributed by atoms with Crippen LogP contribution in [0.3, 0.4) is 0 Å². The SMILES string of the molecule is Cc1ccc(C(=O)N2CCc3c(c(-c4ncc(C)n4CC4CC4)nn3C)C2)cn1. The molecule has 4 heterocycles. The van der Waals surface area contributed by atoms with Crippen LogP contribution >= 0.6 is 0 Å². The van der Waals surface area contributed by atoms with Crippen LogP contribution in [0.1, 0.15) is 45.8 Å². The molecule has 0 saturated heterocycles. The molecule has 3 aromatic heterocycles. The lowest BCUT2D eigenvalue weighted by molar-refractivity contribution is 0.0733. The van der Waals surface area contributed by atoms with Gasteiger partial charge in [-0.2, -0.15) is 5.10 Å². The van der Waals surface area contributed by atoms with E-state index in [2.05, 4.69) is 16.5 Å². The Bertz CT molecular complexity index is 1070. The van der Waals surface area contributed by atoms with E-state index in [9.17, 15) is 4.79 Å². The summed E-state index contributed by atoms with van der Waals surface area (Å²) in [6, 6.07) is 3.74. The minimum Gasteiger partial charge on any atom is -0.334 e. The predicted molar refractivity (Wildman–Crippen MR) is 109 cm³/mol. The molecule has 0 spiro atoms. The van der Waals surface area contributed by atoms with Gasteiger partial charge in [-0.15, -0.1) is 0 Å². The molecule has 0 bridgehead atoms. The predicted octanol–water partition coefficient (Wildman–Crippen LogP) is 2.90. The Labute approximate surface area is 170 Å². The molecule has 1 aliphatic heterocycles. The van der Waals surface area contributed by atoms with Crippen molar-refractivity contribution < 1.29 is 4.79 Å². The lowest BCUT2D eigenvalue weighted by Crippen LogP contribution is -2.36. The number of rotatable bonds is 4. The summed E-state index contributed by atoms with van der Waals surface area (Å²) in [6.45, 7) is 6.28. The second kappa shape index (κ2) is 6.83. The topological polar surface area (TPSA) is 68.8 Å². The molecule has 3 aromatic rings. The summed E-state index contributed by atoms with van der Waals surface area (Å²) < 4.78 is 4.26. The van der Waals surface area contributed by atoms with E-state index >= 15 is 0 Å². The van der Waals surface area contributed by atoms with Gasteiger partial charge in [0.1, 0.15) is 5.69 Å². The Morgan fingerprint density at radius 1 is 1.17 bits per heavy atom. The van der Waals surface area contributed by atoms with Crippen LogP contribution < -0.4 is 0 Å². The summed E-state index contributed by atoms with van der Waals surface area (Å²) in [5, 5.41) is 4.83. The number of carbonyl (C=O) groups is 1. The van der Waals surface area contributed by atoms with Gasteiger partial charge in [0, 0.05) is 61.6 Å². The highest BCUT2D eigenvalue weighted by Crippen LogP contribution is 2.35. The molecular weight excluding hydrogens is 364 g/mol. The highest BCUT2D eigenvalue weighted by molar-refractivity contribution is 5.94. The molecule has 7 nitrogen and oxygen atoms in total. The number of imidazole rings is 1. The molecule has 1 fully saturated rings. The van der Waals surface area contributed by atoms with Crippen molar-refractivity contribution in [1.29, 1.82) is 0 Å². The molecule has 1 saturated carbocycles. The summed E-state index contributed by atoms with van der Waals surface area (Å²) in [5.74, 6) is 1.71. The number of aromatic nitrogens is 5. The minimum atomic E-state index is 0.0236. The summed E-state index contributed by atoms with van der Waals surface area (Å²) in [6.07, 6.45) is 6.99. The van der Waals surface area contributed by atoms with Crippen LogP contribution in [0.4, 0.5) is 0 Å². The molecule has 0 aromatic carbocycles. The Balaban J connectivity index is 1.48. The molecule has 150 valence electrons. The Hall–Kier alpha value is -2.96. The third-order valence-electron chi connectivity index (χ3n) is 6.09. The van der Waals surface area contributed by atoms with Crippen molar-refractivity contribution >= 4 is 5.91 Å². The third-order valence-corrected chi connectivity index (χ3v) is 6.09. The van der Waals surface area contributed by atoms with Gasteiger partial charge in [-0.1, -0.05) is 0 Å². The second-order valence-electron chi connectivity index (χ2n) is 8.34. The zero-order chi connectivity index (χ0) is 20.1. The molecule has 0 N–H and O–H groups in total. The molecule has 0 radical (unpaired) electrons. The number of aryl methyl sites for hydroxylation is 3. The highest BCUT2D eigenvalue weighted by atomic mass is 16.2. The summed E-state index contributed by atoms with van der Waals surface area (Å²) in [4.78, 5) is 23.9. The standard InChI is InChI=1S/C22H26N6O/c1-14-4-7-17(11-23-14)22(29)27-9-8-19-18(13-27)20(25-26(19)3)21-24-10-15(2)28(21)12-16-5-6-16/h4,7,10-11,16H,5-6,8-9,12-13H2,1-3H3. The van der Waals surface area contributed by atoms with Crippen molar-refractivity contribution in [3.8, 4) is 11.5 Å². The van der Waals surface area contributed by atoms with Gasteiger partial charge >= 0.3 is 0 Å². The lowest BCUT2D eigenvalue weighted by atomic mass is 10.0. The van der Waals surface area contributed by atoms with Gasteiger partial charge in [0.25, 0.3) is 5.91 Å². The van der Waals surface area contributed by atoms with Crippen LogP contribution in [0.15, 0.2) is 24.5 Å². The van der Waals surface area contributed by atoms with E-state index in [1.54, 1.807) is 6.20 Å². The van der Waals surface area contributed by atoms with E-state index < -0.39 is 0 Å². The Kier molecular flexibility index (Phi) is 4.26. The quantitative estimate of drug-likeness (QED) is 0.687. The molecule has 29 heavy (non-hydrogen) atoms. The number of hydrogen-bond acceptors (Lipinski definition) is 4. The molecular formula is C22H26N6O. The van der Waals surface area contributed by atoms with Crippen molar-refractivity contribution in [3.05, 3.63) is 52.7 Å². The maximum absolute atomic E-state index is 13.0. The average Bonchev–Trinajstić information content (AvgIpc) is 3.40. The Morgan fingerprint density at radius 2 is 2.00 bits per heavy atom. The number of pyridine rings is 1. The van der Waals surface area contributed by atoms with E-state index in [1.165, 1.54) is 24.2 Å². The van der Waals surface area contributed by atoms with Crippen molar-refractivity contribution in [2.75, 3.05) is 6.54 Å². The minimum absolute atomic E-state index is 0.0236. The van der Waals surface area contributed by atoms with Gasteiger partial charge in [0.15, 0.2) is 5.82 Å². The monoisotopic (exact) mass is 390 g/mol. The number of hydrogen-bond donors (Lipinski definition) is 0. The summed E-state index contributed by atoms with van der Waals surface area (Å²) in [5.41, 5.74) is 5.95. The fourth-order valence-electron chi connectivity index (χ4n) is 4.16. The average molecular weight is 390 g/mol. The Morgan fingerprint density at radius 3 is 2.72 bits per heavy atom. The van der Waals surface area contributed by atoms with Crippen LogP contribution in [-0.2, 0) is 26.6 Å². The molecule has 1 amide bonds. The van der Waals surface area contributed by atoms with Gasteiger partial charge in [0.2, 0.25) is 0 Å². The van der Waals surface area contributed by atoms with Crippen molar-refractivity contribution in [2.24, 2.45) is 13.0 Å². The third kappa shape index (κ3) is 3.24. The summed E-state index contributed by atoms with van der Waals surface area (Å²) in [7, 11) is 1.99. The fourth-order valence-corrected chi connectivity index (χ4v) is 4.16. The zero-order valence-corrected chi connectivity index (χ0v) is 17.2. The van der Waals surface area contributed by atoms with Gasteiger partial charge in [-0.25, -0.2) is 4.98 Å². The second-order valence-corrected chi connectivity index (χ2v) is 8.34. The van der Waals surface area contributed by atoms with Crippen LogP contribution in [0.25, 0.3) is 11.5 Å². The van der Waals surface area contributed by atoms with Gasteiger partial charge in [-0.3, -0.25) is 14.5 Å². The van der Waals surface area contributed by atoms with E-state index in [0.717, 1.165) is 41.7 Å². The first-order chi connectivity index (χ1) is 14.0. The maximum atomic E-state index is 13.0. The van der Waals surface area contributed by atoms with E-state index in [0.29, 0.717) is 18.7 Å².